The summed E-state index contributed by atoms with van der Waals surface area (Å²) in [6.45, 7) is 16.8. The van der Waals surface area contributed by atoms with Crippen molar-refractivity contribution in [3.05, 3.63) is 29.3 Å². The summed E-state index contributed by atoms with van der Waals surface area (Å²) in [5, 5.41) is 0. The molecule has 0 aromatic heterocycles. The predicted molar refractivity (Wildman–Crippen MR) is 110 cm³/mol. The van der Waals surface area contributed by atoms with Crippen LogP contribution in [0.2, 0.25) is 0 Å². The predicted octanol–water partition coefficient (Wildman–Crippen LogP) is 3.32. The first-order chi connectivity index (χ1) is 12.7. The third kappa shape index (κ3) is 4.99. The van der Waals surface area contributed by atoms with Crippen LogP contribution in [0.1, 0.15) is 37.3 Å². The van der Waals surface area contributed by atoms with Crippen LogP contribution in [0, 0.1) is 13.8 Å². The van der Waals surface area contributed by atoms with Crippen molar-refractivity contribution in [2.45, 2.75) is 46.1 Å². The van der Waals surface area contributed by atoms with Crippen molar-refractivity contribution in [3.8, 4) is 0 Å². The standard InChI is InChI=1S/C22H37N3O/c1-4-17-26-18-16-23-12-14-24(15-13-23)21-8-10-25(11-9-21)22-7-5-6-19(2)20(22)3/h5-7,21H,4,8-18H2,1-3H3. The van der Waals surface area contributed by atoms with Gasteiger partial charge in [-0.05, 0) is 50.3 Å². The zero-order valence-electron chi connectivity index (χ0n) is 17.0. The van der Waals surface area contributed by atoms with E-state index in [1.54, 1.807) is 0 Å². The molecule has 1 aromatic carbocycles. The molecule has 0 amide bonds. The highest BCUT2D eigenvalue weighted by Gasteiger charge is 2.27. The molecule has 2 aliphatic rings. The number of ether oxygens (including phenoxy) is 1. The monoisotopic (exact) mass is 359 g/mol. The molecule has 2 fully saturated rings. The van der Waals surface area contributed by atoms with Gasteiger partial charge in [-0.2, -0.15) is 0 Å². The van der Waals surface area contributed by atoms with Gasteiger partial charge in [0.05, 0.1) is 6.61 Å². The van der Waals surface area contributed by atoms with Gasteiger partial charge in [-0.15, -0.1) is 0 Å². The van der Waals surface area contributed by atoms with Gasteiger partial charge in [0.15, 0.2) is 0 Å². The van der Waals surface area contributed by atoms with Crippen molar-refractivity contribution in [3.63, 3.8) is 0 Å². The van der Waals surface area contributed by atoms with Gasteiger partial charge < -0.3 is 9.64 Å². The summed E-state index contributed by atoms with van der Waals surface area (Å²) >= 11 is 0. The van der Waals surface area contributed by atoms with Crippen LogP contribution in [-0.2, 0) is 4.74 Å². The maximum absolute atomic E-state index is 5.64. The zero-order valence-corrected chi connectivity index (χ0v) is 17.0. The molecule has 0 unspecified atom stereocenters. The van der Waals surface area contributed by atoms with Gasteiger partial charge in [0.25, 0.3) is 0 Å². The molecule has 3 rings (SSSR count). The minimum absolute atomic E-state index is 0.773. The Labute approximate surface area is 160 Å². The lowest BCUT2D eigenvalue weighted by Gasteiger charge is -2.43. The fourth-order valence-corrected chi connectivity index (χ4v) is 4.34. The lowest BCUT2D eigenvalue weighted by atomic mass is 9.99. The van der Waals surface area contributed by atoms with Crippen molar-refractivity contribution in [2.24, 2.45) is 0 Å². The average molecular weight is 360 g/mol. The molecular formula is C22H37N3O. The van der Waals surface area contributed by atoms with Gasteiger partial charge in [-0.1, -0.05) is 19.1 Å². The Morgan fingerprint density at radius 3 is 2.38 bits per heavy atom. The van der Waals surface area contributed by atoms with Crippen LogP contribution in [-0.4, -0.2) is 74.9 Å². The van der Waals surface area contributed by atoms with E-state index in [-0.39, 0.29) is 0 Å². The van der Waals surface area contributed by atoms with Crippen molar-refractivity contribution in [1.29, 1.82) is 0 Å². The van der Waals surface area contributed by atoms with Crippen LogP contribution in [0.15, 0.2) is 18.2 Å². The topological polar surface area (TPSA) is 19.0 Å². The zero-order chi connectivity index (χ0) is 18.4. The molecule has 0 aliphatic carbocycles. The number of benzene rings is 1. The van der Waals surface area contributed by atoms with Gasteiger partial charge >= 0.3 is 0 Å². The fraction of sp³-hybridized carbons (Fsp3) is 0.727. The maximum atomic E-state index is 5.64. The van der Waals surface area contributed by atoms with Crippen LogP contribution in [0.5, 0.6) is 0 Å². The molecule has 2 saturated heterocycles. The third-order valence-corrected chi connectivity index (χ3v) is 6.20. The molecule has 0 N–H and O–H groups in total. The maximum Gasteiger partial charge on any atom is 0.0593 e. The number of rotatable bonds is 7. The van der Waals surface area contributed by atoms with Crippen LogP contribution in [0.4, 0.5) is 5.69 Å². The summed E-state index contributed by atoms with van der Waals surface area (Å²) < 4.78 is 5.64. The minimum atomic E-state index is 0.773. The summed E-state index contributed by atoms with van der Waals surface area (Å²) in [4.78, 5) is 7.90. The molecule has 26 heavy (non-hydrogen) atoms. The Bertz CT molecular complexity index is 546. The molecule has 4 heteroatoms. The second-order valence-electron chi connectivity index (χ2n) is 7.93. The molecule has 0 radical (unpaired) electrons. The number of nitrogens with zero attached hydrogens (tertiary/aromatic N) is 3. The Morgan fingerprint density at radius 2 is 1.69 bits per heavy atom. The Hall–Kier alpha value is -1.10. The number of hydrogen-bond acceptors (Lipinski definition) is 4. The lowest BCUT2D eigenvalue weighted by molar-refractivity contribution is 0.0559. The van der Waals surface area contributed by atoms with Crippen LogP contribution in [0.3, 0.4) is 0 Å². The summed E-state index contributed by atoms with van der Waals surface area (Å²) in [5.74, 6) is 0. The second-order valence-corrected chi connectivity index (χ2v) is 7.93. The number of anilines is 1. The fourth-order valence-electron chi connectivity index (χ4n) is 4.34. The number of piperazine rings is 1. The summed E-state index contributed by atoms with van der Waals surface area (Å²) in [7, 11) is 0. The number of piperidine rings is 1. The minimum Gasteiger partial charge on any atom is -0.380 e. The highest BCUT2D eigenvalue weighted by Crippen LogP contribution is 2.27. The van der Waals surface area contributed by atoms with Crippen molar-refractivity contribution in [2.75, 3.05) is 63.9 Å². The van der Waals surface area contributed by atoms with E-state index < -0.39 is 0 Å². The lowest BCUT2D eigenvalue weighted by Crippen LogP contribution is -2.53. The summed E-state index contributed by atoms with van der Waals surface area (Å²) in [6, 6.07) is 7.49. The van der Waals surface area contributed by atoms with Crippen LogP contribution >= 0.6 is 0 Å². The summed E-state index contributed by atoms with van der Waals surface area (Å²) in [5.41, 5.74) is 4.30. The quantitative estimate of drug-likeness (QED) is 0.695. The normalized spacial score (nSPS) is 20.7. The first-order valence-corrected chi connectivity index (χ1v) is 10.5. The Balaban J connectivity index is 1.41. The van der Waals surface area contributed by atoms with Gasteiger partial charge in [0.2, 0.25) is 0 Å². The SMILES string of the molecule is CCCOCCN1CCN(C2CCN(c3cccc(C)c3C)CC2)CC1. The van der Waals surface area contributed by atoms with Gasteiger partial charge in [-0.3, -0.25) is 9.80 Å². The van der Waals surface area contributed by atoms with Crippen molar-refractivity contribution >= 4 is 5.69 Å². The highest BCUT2D eigenvalue weighted by atomic mass is 16.5. The van der Waals surface area contributed by atoms with Gasteiger partial charge in [-0.25, -0.2) is 0 Å². The molecule has 2 heterocycles. The molecule has 1 aromatic rings. The van der Waals surface area contributed by atoms with E-state index in [0.717, 1.165) is 32.2 Å². The van der Waals surface area contributed by atoms with E-state index in [1.807, 2.05) is 0 Å². The van der Waals surface area contributed by atoms with E-state index >= 15 is 0 Å². The molecule has 0 atom stereocenters. The van der Waals surface area contributed by atoms with E-state index in [4.69, 9.17) is 4.74 Å². The van der Waals surface area contributed by atoms with E-state index in [2.05, 4.69) is 53.7 Å². The second kappa shape index (κ2) is 9.72. The largest absolute Gasteiger partial charge is 0.380 e. The van der Waals surface area contributed by atoms with Crippen LogP contribution < -0.4 is 4.90 Å². The molecular weight excluding hydrogens is 322 g/mol. The Morgan fingerprint density at radius 1 is 0.962 bits per heavy atom. The van der Waals surface area contributed by atoms with Crippen molar-refractivity contribution < 1.29 is 4.74 Å². The molecule has 146 valence electrons. The average Bonchev–Trinajstić information content (AvgIpc) is 2.68. The van der Waals surface area contributed by atoms with Crippen molar-refractivity contribution in [1.82, 2.24) is 9.80 Å². The van der Waals surface area contributed by atoms with Gasteiger partial charge in [0.1, 0.15) is 0 Å². The number of aryl methyl sites for hydroxylation is 1. The van der Waals surface area contributed by atoms with E-state index in [0.29, 0.717) is 0 Å². The first kappa shape index (κ1) is 19.7. The molecule has 2 aliphatic heterocycles. The molecule has 4 nitrogen and oxygen atoms in total. The van der Waals surface area contributed by atoms with Crippen LogP contribution in [0.25, 0.3) is 0 Å². The molecule has 0 saturated carbocycles. The Kier molecular flexibility index (Phi) is 7.35. The molecule has 0 spiro atoms. The van der Waals surface area contributed by atoms with E-state index in [9.17, 15) is 0 Å². The first-order valence-electron chi connectivity index (χ1n) is 10.5. The van der Waals surface area contributed by atoms with Gasteiger partial charge in [0, 0.05) is 64.1 Å². The number of hydrogen-bond donors (Lipinski definition) is 0. The highest BCUT2D eigenvalue weighted by molar-refractivity contribution is 5.56. The smallest absolute Gasteiger partial charge is 0.0593 e. The third-order valence-electron chi connectivity index (χ3n) is 6.20. The summed E-state index contributed by atoms with van der Waals surface area (Å²) in [6.07, 6.45) is 3.72. The molecule has 0 bridgehead atoms. The van der Waals surface area contributed by atoms with E-state index in [1.165, 1.54) is 68.9 Å².